The van der Waals surface area contributed by atoms with E-state index in [0.717, 1.165) is 18.9 Å². The Hall–Kier alpha value is -1.46. The molecule has 1 saturated heterocycles. The van der Waals surface area contributed by atoms with E-state index in [0.29, 0.717) is 19.6 Å². The second kappa shape index (κ2) is 11.7. The number of guanidine groups is 1. The first-order valence-electron chi connectivity index (χ1n) is 9.70. The van der Waals surface area contributed by atoms with Crippen LogP contribution in [-0.2, 0) is 9.47 Å². The summed E-state index contributed by atoms with van der Waals surface area (Å²) < 4.78 is 10.6. The van der Waals surface area contributed by atoms with Gasteiger partial charge in [-0.3, -0.25) is 4.99 Å². The van der Waals surface area contributed by atoms with Gasteiger partial charge in [0.05, 0.1) is 6.04 Å². The van der Waals surface area contributed by atoms with E-state index in [1.807, 2.05) is 41.5 Å². The van der Waals surface area contributed by atoms with E-state index in [1.54, 1.807) is 14.1 Å². The van der Waals surface area contributed by atoms with Gasteiger partial charge in [0, 0.05) is 40.3 Å². The topological polar surface area (TPSA) is 95.5 Å². The highest BCUT2D eigenvalue weighted by molar-refractivity contribution is 14.0. The minimum Gasteiger partial charge on any atom is -0.444 e. The fraction of sp³-hybridized carbons (Fsp3) is 0.842. The molecule has 1 unspecified atom stereocenters. The minimum absolute atomic E-state index is 0. The summed E-state index contributed by atoms with van der Waals surface area (Å²) >= 11 is 0. The van der Waals surface area contributed by atoms with Gasteiger partial charge in [0.15, 0.2) is 5.96 Å². The van der Waals surface area contributed by atoms with Crippen molar-refractivity contribution in [3.05, 3.63) is 0 Å². The number of hydrogen-bond acceptors (Lipinski definition) is 5. The Balaban J connectivity index is 0.00000784. The third kappa shape index (κ3) is 11.3. The number of rotatable bonds is 4. The molecule has 0 aromatic heterocycles. The molecule has 0 spiro atoms. The highest BCUT2D eigenvalue weighted by Crippen LogP contribution is 2.12. The van der Waals surface area contributed by atoms with E-state index < -0.39 is 17.3 Å². The van der Waals surface area contributed by atoms with E-state index in [-0.39, 0.29) is 36.1 Å². The van der Waals surface area contributed by atoms with Gasteiger partial charge in [-0.2, -0.15) is 0 Å². The molecule has 1 heterocycles. The van der Waals surface area contributed by atoms with E-state index in [2.05, 4.69) is 20.5 Å². The molecule has 1 aliphatic rings. The van der Waals surface area contributed by atoms with Crippen molar-refractivity contribution in [2.24, 2.45) is 4.99 Å². The molecule has 10 heteroatoms. The summed E-state index contributed by atoms with van der Waals surface area (Å²) in [5.74, 6) is 0.742. The highest BCUT2D eigenvalue weighted by atomic mass is 127. The second-order valence-corrected chi connectivity index (χ2v) is 8.95. The number of aliphatic imine (C=N–C) groups is 1. The summed E-state index contributed by atoms with van der Waals surface area (Å²) in [5, 5.41) is 6.15. The number of hydrogen-bond donors (Lipinski definition) is 2. The molecule has 1 atom stereocenters. The van der Waals surface area contributed by atoms with Crippen LogP contribution in [0.15, 0.2) is 4.99 Å². The van der Waals surface area contributed by atoms with Gasteiger partial charge in [0.25, 0.3) is 0 Å². The summed E-state index contributed by atoms with van der Waals surface area (Å²) in [6.45, 7) is 13.5. The Morgan fingerprint density at radius 1 is 1.14 bits per heavy atom. The van der Waals surface area contributed by atoms with Crippen LogP contribution in [0, 0.1) is 0 Å². The predicted molar refractivity (Wildman–Crippen MR) is 125 cm³/mol. The lowest BCUT2D eigenvalue weighted by molar-refractivity contribution is 0.0301. The number of carbonyl (C=O) groups excluding carboxylic acids is 2. The van der Waals surface area contributed by atoms with Crippen LogP contribution in [0.4, 0.5) is 9.59 Å². The van der Waals surface area contributed by atoms with Crippen molar-refractivity contribution in [1.29, 1.82) is 0 Å². The number of nitrogens with zero attached hydrogens (tertiary/aromatic N) is 3. The molecule has 2 amide bonds. The molecule has 29 heavy (non-hydrogen) atoms. The van der Waals surface area contributed by atoms with Gasteiger partial charge < -0.3 is 29.9 Å². The van der Waals surface area contributed by atoms with E-state index >= 15 is 0 Å². The monoisotopic (exact) mass is 527 g/mol. The van der Waals surface area contributed by atoms with Crippen LogP contribution in [0.1, 0.15) is 48.0 Å². The number of likely N-dealkylation sites (N-methyl/N-ethyl adjacent to an activating group) is 1. The maximum Gasteiger partial charge on any atom is 0.410 e. The molecule has 0 bridgehead atoms. The largest absolute Gasteiger partial charge is 0.444 e. The summed E-state index contributed by atoms with van der Waals surface area (Å²) in [5.41, 5.74) is -1.03. The van der Waals surface area contributed by atoms with Gasteiger partial charge in [-0.25, -0.2) is 9.59 Å². The van der Waals surface area contributed by atoms with Crippen molar-refractivity contribution in [3.63, 3.8) is 0 Å². The van der Waals surface area contributed by atoms with Crippen LogP contribution in [0.2, 0.25) is 0 Å². The van der Waals surface area contributed by atoms with Gasteiger partial charge in [-0.05, 0) is 48.0 Å². The Morgan fingerprint density at radius 3 is 2.24 bits per heavy atom. The fourth-order valence-corrected chi connectivity index (χ4v) is 2.64. The zero-order valence-electron chi connectivity index (χ0n) is 19.0. The summed E-state index contributed by atoms with van der Waals surface area (Å²) in [7, 11) is 3.42. The van der Waals surface area contributed by atoms with Crippen LogP contribution in [-0.4, -0.2) is 85.5 Å². The molecular weight excluding hydrogens is 489 g/mol. The van der Waals surface area contributed by atoms with Crippen molar-refractivity contribution in [3.8, 4) is 0 Å². The molecule has 2 N–H and O–H groups in total. The summed E-state index contributed by atoms with van der Waals surface area (Å²) in [6, 6.07) is 0.0119. The van der Waals surface area contributed by atoms with Crippen molar-refractivity contribution >= 4 is 42.1 Å². The number of halogens is 1. The molecule has 1 aliphatic heterocycles. The average Bonchev–Trinajstić information content (AvgIpc) is 2.95. The predicted octanol–water partition coefficient (Wildman–Crippen LogP) is 2.65. The van der Waals surface area contributed by atoms with Gasteiger partial charge >= 0.3 is 12.2 Å². The van der Waals surface area contributed by atoms with Crippen LogP contribution in [0.3, 0.4) is 0 Å². The van der Waals surface area contributed by atoms with Crippen molar-refractivity contribution < 1.29 is 19.1 Å². The molecule has 170 valence electrons. The SMILES string of the molecule is CN=C(NCCN(C)C(=O)OC(C)(C)C)N1CCC(NC(=O)OC(C)(C)C)C1.I. The van der Waals surface area contributed by atoms with Gasteiger partial charge in [0.1, 0.15) is 11.2 Å². The Kier molecular flexibility index (Phi) is 11.1. The van der Waals surface area contributed by atoms with Crippen LogP contribution in [0.25, 0.3) is 0 Å². The molecule has 0 aliphatic carbocycles. The molecule has 1 rings (SSSR count). The maximum atomic E-state index is 12.0. The van der Waals surface area contributed by atoms with Crippen molar-refractivity contribution in [2.75, 3.05) is 40.3 Å². The molecule has 0 radical (unpaired) electrons. The van der Waals surface area contributed by atoms with E-state index in [4.69, 9.17) is 9.47 Å². The maximum absolute atomic E-state index is 12.0. The molecular formula is C19H38IN5O4. The third-order valence-electron chi connectivity index (χ3n) is 3.86. The van der Waals surface area contributed by atoms with Crippen LogP contribution in [0.5, 0.6) is 0 Å². The van der Waals surface area contributed by atoms with Gasteiger partial charge in [-0.15, -0.1) is 24.0 Å². The lowest BCUT2D eigenvalue weighted by Crippen LogP contribution is -2.46. The molecule has 0 saturated carbocycles. The number of likely N-dealkylation sites (tertiary alicyclic amines) is 1. The number of amides is 2. The van der Waals surface area contributed by atoms with E-state index in [1.165, 1.54) is 4.90 Å². The van der Waals surface area contributed by atoms with Crippen LogP contribution < -0.4 is 10.6 Å². The summed E-state index contributed by atoms with van der Waals surface area (Å²) in [6.07, 6.45) is 0.0611. The van der Waals surface area contributed by atoms with Gasteiger partial charge in [0.2, 0.25) is 0 Å². The number of ether oxygens (including phenoxy) is 2. The first-order valence-corrected chi connectivity index (χ1v) is 9.70. The quantitative estimate of drug-likeness (QED) is 0.332. The molecule has 0 aromatic rings. The smallest absolute Gasteiger partial charge is 0.410 e. The standard InChI is InChI=1S/C19H37N5O4.HI/c1-18(2,3)27-16(25)22-14-9-11-24(13-14)15(20-7)21-10-12-23(8)17(26)28-19(4,5)6;/h14H,9-13H2,1-8H3,(H,20,21)(H,22,25);1H. The van der Waals surface area contributed by atoms with Crippen molar-refractivity contribution in [2.45, 2.75) is 65.2 Å². The Morgan fingerprint density at radius 2 is 1.72 bits per heavy atom. The van der Waals surface area contributed by atoms with E-state index in [9.17, 15) is 9.59 Å². The highest BCUT2D eigenvalue weighted by Gasteiger charge is 2.28. The second-order valence-electron chi connectivity index (χ2n) is 8.95. The lowest BCUT2D eigenvalue weighted by Gasteiger charge is -2.26. The lowest BCUT2D eigenvalue weighted by atomic mass is 10.2. The normalized spacial score (nSPS) is 17.3. The first kappa shape index (κ1) is 27.5. The molecule has 9 nitrogen and oxygen atoms in total. The van der Waals surface area contributed by atoms with Gasteiger partial charge in [-0.1, -0.05) is 0 Å². The third-order valence-corrected chi connectivity index (χ3v) is 3.86. The van der Waals surface area contributed by atoms with Crippen molar-refractivity contribution in [1.82, 2.24) is 20.4 Å². The zero-order chi connectivity index (χ0) is 21.5. The summed E-state index contributed by atoms with van der Waals surface area (Å²) in [4.78, 5) is 31.8. The Bertz CT molecular complexity index is 572. The number of carbonyl (C=O) groups is 2. The number of nitrogens with one attached hydrogen (secondary N) is 2. The molecule has 1 fully saturated rings. The Labute approximate surface area is 192 Å². The zero-order valence-corrected chi connectivity index (χ0v) is 21.3. The fourth-order valence-electron chi connectivity index (χ4n) is 2.64. The first-order chi connectivity index (χ1) is 12.8. The van der Waals surface area contributed by atoms with Crippen LogP contribution >= 0.6 is 24.0 Å². The minimum atomic E-state index is -0.514. The number of alkyl carbamates (subject to hydrolysis) is 1. The average molecular weight is 527 g/mol. The molecule has 0 aromatic carbocycles.